The van der Waals surface area contributed by atoms with Crippen LogP contribution in [0.3, 0.4) is 0 Å². The van der Waals surface area contributed by atoms with Crippen molar-refractivity contribution in [3.8, 4) is 0 Å². The first-order chi connectivity index (χ1) is 8.99. The molecular formula is C13H20N4O2. The molecular weight excluding hydrogens is 244 g/mol. The number of nitrogens with one attached hydrogen (secondary N) is 2. The highest BCUT2D eigenvalue weighted by atomic mass is 16.2. The highest BCUT2D eigenvalue weighted by Gasteiger charge is 2.15. The molecule has 0 spiro atoms. The molecule has 0 aromatic carbocycles. The van der Waals surface area contributed by atoms with E-state index >= 15 is 0 Å². The molecule has 19 heavy (non-hydrogen) atoms. The van der Waals surface area contributed by atoms with Crippen molar-refractivity contribution in [1.29, 1.82) is 0 Å². The zero-order chi connectivity index (χ0) is 14.3. The molecule has 0 fully saturated rings. The summed E-state index contributed by atoms with van der Waals surface area (Å²) in [4.78, 5) is 27.0. The smallest absolute Gasteiger partial charge is 0.243 e. The van der Waals surface area contributed by atoms with E-state index in [1.165, 1.54) is 6.20 Å². The van der Waals surface area contributed by atoms with Crippen molar-refractivity contribution in [2.24, 2.45) is 11.7 Å². The van der Waals surface area contributed by atoms with Gasteiger partial charge in [-0.15, -0.1) is 0 Å². The molecule has 1 aromatic heterocycles. The summed E-state index contributed by atoms with van der Waals surface area (Å²) in [5.74, 6) is -0.280. The van der Waals surface area contributed by atoms with Gasteiger partial charge >= 0.3 is 0 Å². The SMILES string of the molecule is CC(C)C[C@H](N)C(=O)NCC(=O)Nc1cccnc1. The second-order valence-corrected chi connectivity index (χ2v) is 4.74. The van der Waals surface area contributed by atoms with Crippen LogP contribution in [0.25, 0.3) is 0 Å². The molecule has 1 heterocycles. The largest absolute Gasteiger partial charge is 0.346 e. The topological polar surface area (TPSA) is 97.1 Å². The summed E-state index contributed by atoms with van der Waals surface area (Å²) >= 11 is 0. The van der Waals surface area contributed by atoms with Gasteiger partial charge in [-0.3, -0.25) is 14.6 Å². The van der Waals surface area contributed by atoms with Crippen LogP contribution in [-0.2, 0) is 9.59 Å². The summed E-state index contributed by atoms with van der Waals surface area (Å²) in [7, 11) is 0. The molecule has 6 heteroatoms. The summed E-state index contributed by atoms with van der Waals surface area (Å²) < 4.78 is 0. The van der Waals surface area contributed by atoms with Crippen molar-refractivity contribution in [1.82, 2.24) is 10.3 Å². The molecule has 0 saturated heterocycles. The molecule has 1 rings (SSSR count). The first-order valence-electron chi connectivity index (χ1n) is 6.22. The maximum absolute atomic E-state index is 11.6. The van der Waals surface area contributed by atoms with Gasteiger partial charge in [0.05, 0.1) is 24.5 Å². The molecule has 0 radical (unpaired) electrons. The highest BCUT2D eigenvalue weighted by Crippen LogP contribution is 2.03. The van der Waals surface area contributed by atoms with Gasteiger partial charge in [0.15, 0.2) is 0 Å². The lowest BCUT2D eigenvalue weighted by molar-refractivity contribution is -0.125. The molecule has 0 unspecified atom stereocenters. The van der Waals surface area contributed by atoms with E-state index in [0.29, 0.717) is 18.0 Å². The first-order valence-corrected chi connectivity index (χ1v) is 6.22. The van der Waals surface area contributed by atoms with Gasteiger partial charge in [-0.2, -0.15) is 0 Å². The Bertz CT molecular complexity index is 420. The Balaban J connectivity index is 2.32. The second-order valence-electron chi connectivity index (χ2n) is 4.74. The van der Waals surface area contributed by atoms with Crippen molar-refractivity contribution in [2.75, 3.05) is 11.9 Å². The van der Waals surface area contributed by atoms with E-state index in [2.05, 4.69) is 15.6 Å². The third kappa shape index (κ3) is 5.96. The van der Waals surface area contributed by atoms with E-state index in [0.717, 1.165) is 0 Å². The van der Waals surface area contributed by atoms with E-state index in [4.69, 9.17) is 5.73 Å². The molecule has 0 bridgehead atoms. The van der Waals surface area contributed by atoms with Gasteiger partial charge < -0.3 is 16.4 Å². The quantitative estimate of drug-likeness (QED) is 0.697. The molecule has 0 aliphatic rings. The fraction of sp³-hybridized carbons (Fsp3) is 0.462. The fourth-order valence-corrected chi connectivity index (χ4v) is 1.56. The molecule has 0 aliphatic heterocycles. The van der Waals surface area contributed by atoms with Gasteiger partial charge in [-0.25, -0.2) is 0 Å². The Hall–Kier alpha value is -1.95. The number of nitrogens with two attached hydrogens (primary N) is 1. The Morgan fingerprint density at radius 3 is 2.74 bits per heavy atom. The lowest BCUT2D eigenvalue weighted by Crippen LogP contribution is -2.44. The maximum Gasteiger partial charge on any atom is 0.243 e. The molecule has 0 saturated carbocycles. The van der Waals surface area contributed by atoms with Crippen LogP contribution >= 0.6 is 0 Å². The Labute approximate surface area is 112 Å². The van der Waals surface area contributed by atoms with Crippen LogP contribution in [0.1, 0.15) is 20.3 Å². The number of pyridine rings is 1. The van der Waals surface area contributed by atoms with E-state index in [-0.39, 0.29) is 18.4 Å². The number of carbonyl (C=O) groups is 2. The minimum Gasteiger partial charge on any atom is -0.346 e. The van der Waals surface area contributed by atoms with E-state index < -0.39 is 6.04 Å². The first kappa shape index (κ1) is 15.1. The molecule has 2 amide bonds. The van der Waals surface area contributed by atoms with Crippen molar-refractivity contribution in [3.63, 3.8) is 0 Å². The number of nitrogens with zero attached hydrogens (tertiary/aromatic N) is 1. The van der Waals surface area contributed by atoms with Crippen molar-refractivity contribution >= 4 is 17.5 Å². The van der Waals surface area contributed by atoms with Crippen LogP contribution in [0.15, 0.2) is 24.5 Å². The molecule has 1 aromatic rings. The molecule has 1 atom stereocenters. The summed E-state index contributed by atoms with van der Waals surface area (Å²) in [6, 6.07) is 2.86. The number of amides is 2. The second kappa shape index (κ2) is 7.48. The van der Waals surface area contributed by atoms with E-state index in [1.54, 1.807) is 18.3 Å². The zero-order valence-corrected chi connectivity index (χ0v) is 11.2. The molecule has 6 nitrogen and oxygen atoms in total. The van der Waals surface area contributed by atoms with Crippen LogP contribution in [0.2, 0.25) is 0 Å². The average molecular weight is 264 g/mol. The van der Waals surface area contributed by atoms with Crippen molar-refractivity contribution < 1.29 is 9.59 Å². The van der Waals surface area contributed by atoms with Gasteiger partial charge in [-0.1, -0.05) is 13.8 Å². The minimum absolute atomic E-state index is 0.0977. The molecule has 0 aliphatic carbocycles. The van der Waals surface area contributed by atoms with Crippen LogP contribution < -0.4 is 16.4 Å². The number of hydrogen-bond acceptors (Lipinski definition) is 4. The Morgan fingerprint density at radius 2 is 2.16 bits per heavy atom. The third-order valence-electron chi connectivity index (χ3n) is 2.43. The molecule has 104 valence electrons. The normalized spacial score (nSPS) is 12.0. The highest BCUT2D eigenvalue weighted by molar-refractivity contribution is 5.95. The van der Waals surface area contributed by atoms with Crippen LogP contribution in [0.4, 0.5) is 5.69 Å². The van der Waals surface area contributed by atoms with Gasteiger partial charge in [0.1, 0.15) is 0 Å². The van der Waals surface area contributed by atoms with Crippen LogP contribution in [0, 0.1) is 5.92 Å². The zero-order valence-electron chi connectivity index (χ0n) is 11.2. The summed E-state index contributed by atoms with van der Waals surface area (Å²) in [6.07, 6.45) is 3.74. The van der Waals surface area contributed by atoms with Crippen LogP contribution in [0.5, 0.6) is 0 Å². The summed E-state index contributed by atoms with van der Waals surface area (Å²) in [5, 5.41) is 5.13. The van der Waals surface area contributed by atoms with Gasteiger partial charge in [0, 0.05) is 6.20 Å². The Morgan fingerprint density at radius 1 is 1.42 bits per heavy atom. The monoisotopic (exact) mass is 264 g/mol. The summed E-state index contributed by atoms with van der Waals surface area (Å²) in [5.41, 5.74) is 6.29. The van der Waals surface area contributed by atoms with Gasteiger partial charge in [0.2, 0.25) is 11.8 Å². The van der Waals surface area contributed by atoms with Gasteiger partial charge in [0.25, 0.3) is 0 Å². The molecule has 4 N–H and O–H groups in total. The minimum atomic E-state index is -0.578. The fourth-order valence-electron chi connectivity index (χ4n) is 1.56. The average Bonchev–Trinajstić information content (AvgIpc) is 2.36. The number of hydrogen-bond donors (Lipinski definition) is 3. The number of aromatic nitrogens is 1. The van der Waals surface area contributed by atoms with Gasteiger partial charge in [-0.05, 0) is 24.5 Å². The van der Waals surface area contributed by atoms with Crippen LogP contribution in [-0.4, -0.2) is 29.4 Å². The lowest BCUT2D eigenvalue weighted by atomic mass is 10.0. The standard InChI is InChI=1S/C13H20N4O2/c1-9(2)6-11(14)13(19)16-8-12(18)17-10-4-3-5-15-7-10/h3-5,7,9,11H,6,8,14H2,1-2H3,(H,16,19)(H,17,18)/t11-/m0/s1. The number of rotatable bonds is 6. The van der Waals surface area contributed by atoms with Crippen molar-refractivity contribution in [3.05, 3.63) is 24.5 Å². The predicted octanol–water partition coefficient (Wildman–Crippen LogP) is 0.510. The maximum atomic E-state index is 11.6. The van der Waals surface area contributed by atoms with E-state index in [9.17, 15) is 9.59 Å². The Kier molecular flexibility index (Phi) is 5.95. The van der Waals surface area contributed by atoms with E-state index in [1.807, 2.05) is 13.8 Å². The predicted molar refractivity (Wildman–Crippen MR) is 73.3 cm³/mol. The number of anilines is 1. The third-order valence-corrected chi connectivity index (χ3v) is 2.43. The van der Waals surface area contributed by atoms with Crippen molar-refractivity contribution in [2.45, 2.75) is 26.3 Å². The number of carbonyl (C=O) groups excluding carboxylic acids is 2. The summed E-state index contributed by atoms with van der Waals surface area (Å²) in [6.45, 7) is 3.88. The lowest BCUT2D eigenvalue weighted by Gasteiger charge is -2.13.